The van der Waals surface area contributed by atoms with Crippen molar-refractivity contribution in [2.24, 2.45) is 0 Å². The molecule has 0 unspecified atom stereocenters. The van der Waals surface area contributed by atoms with Crippen molar-refractivity contribution in [2.45, 2.75) is 0 Å². The molecule has 6 heteroatoms. The molecule has 25 heavy (non-hydrogen) atoms. The van der Waals surface area contributed by atoms with Crippen molar-refractivity contribution in [3.05, 3.63) is 79.0 Å². The van der Waals surface area contributed by atoms with E-state index in [1.807, 2.05) is 30.3 Å². The molecule has 0 aliphatic heterocycles. The van der Waals surface area contributed by atoms with Crippen molar-refractivity contribution in [2.75, 3.05) is 10.6 Å². The molecule has 2 heterocycles. The molecule has 0 radical (unpaired) electrons. The predicted molar refractivity (Wildman–Crippen MR) is 96.7 cm³/mol. The lowest BCUT2D eigenvalue weighted by Gasteiger charge is -2.10. The second-order valence-corrected chi connectivity index (χ2v) is 5.43. The Morgan fingerprint density at radius 1 is 0.760 bits per heavy atom. The Labute approximate surface area is 143 Å². The van der Waals surface area contributed by atoms with Crippen LogP contribution in [0.25, 0.3) is 10.9 Å². The number of aromatic nitrogens is 3. The molecule has 5 nitrogen and oxygen atoms in total. The Morgan fingerprint density at radius 3 is 2.44 bits per heavy atom. The fraction of sp³-hybridized carbons (Fsp3) is 0. The summed E-state index contributed by atoms with van der Waals surface area (Å²) in [7, 11) is 0. The first-order valence-corrected chi connectivity index (χ1v) is 7.73. The van der Waals surface area contributed by atoms with Crippen molar-refractivity contribution in [3.63, 3.8) is 0 Å². The van der Waals surface area contributed by atoms with Gasteiger partial charge in [0.15, 0.2) is 0 Å². The van der Waals surface area contributed by atoms with Crippen LogP contribution in [0.4, 0.5) is 27.4 Å². The smallest absolute Gasteiger partial charge is 0.135 e. The van der Waals surface area contributed by atoms with Gasteiger partial charge in [0, 0.05) is 23.3 Å². The van der Waals surface area contributed by atoms with E-state index in [0.29, 0.717) is 17.3 Å². The molecule has 0 saturated carbocycles. The molecule has 0 atom stereocenters. The number of hydrogen-bond acceptors (Lipinski definition) is 5. The molecule has 2 aromatic carbocycles. The summed E-state index contributed by atoms with van der Waals surface area (Å²) in [5, 5.41) is 7.36. The lowest BCUT2D eigenvalue weighted by molar-refractivity contribution is 0.628. The minimum atomic E-state index is -0.306. The molecule has 4 aromatic rings. The van der Waals surface area contributed by atoms with Crippen molar-refractivity contribution >= 4 is 33.9 Å². The van der Waals surface area contributed by atoms with Crippen LogP contribution in [0.5, 0.6) is 0 Å². The van der Waals surface area contributed by atoms with Gasteiger partial charge >= 0.3 is 0 Å². The maximum atomic E-state index is 13.3. The molecule has 0 fully saturated rings. The molecule has 0 aliphatic carbocycles. The maximum Gasteiger partial charge on any atom is 0.135 e. The van der Waals surface area contributed by atoms with Gasteiger partial charge in [-0.2, -0.15) is 0 Å². The highest BCUT2D eigenvalue weighted by Gasteiger charge is 2.05. The molecule has 0 amide bonds. The lowest BCUT2D eigenvalue weighted by atomic mass is 10.2. The number of nitrogens with zero attached hydrogens (tertiary/aromatic N) is 3. The number of nitrogens with one attached hydrogen (secondary N) is 2. The highest BCUT2D eigenvalue weighted by atomic mass is 19.1. The van der Waals surface area contributed by atoms with Crippen LogP contribution in [-0.2, 0) is 0 Å². The molecule has 0 saturated heterocycles. The molecule has 2 aromatic heterocycles. The van der Waals surface area contributed by atoms with Gasteiger partial charge in [0.25, 0.3) is 0 Å². The topological polar surface area (TPSA) is 62.7 Å². The number of rotatable bonds is 4. The molecule has 0 bridgehead atoms. The Hall–Kier alpha value is -3.54. The van der Waals surface area contributed by atoms with E-state index in [2.05, 4.69) is 25.6 Å². The molecule has 4 rings (SSSR count). The lowest BCUT2D eigenvalue weighted by Crippen LogP contribution is -1.99. The molecule has 2 N–H and O–H groups in total. The second kappa shape index (κ2) is 6.52. The quantitative estimate of drug-likeness (QED) is 0.570. The summed E-state index contributed by atoms with van der Waals surface area (Å²) in [5.41, 5.74) is 2.34. The number of halogens is 1. The van der Waals surface area contributed by atoms with Gasteiger partial charge in [-0.3, -0.25) is 4.98 Å². The summed E-state index contributed by atoms with van der Waals surface area (Å²) >= 11 is 0. The first-order chi connectivity index (χ1) is 12.3. The zero-order valence-electron chi connectivity index (χ0n) is 13.1. The van der Waals surface area contributed by atoms with Crippen LogP contribution in [0.1, 0.15) is 0 Å². The number of hydrogen-bond donors (Lipinski definition) is 2. The summed E-state index contributed by atoms with van der Waals surface area (Å²) in [6.45, 7) is 0. The Bertz CT molecular complexity index is 1030. The van der Waals surface area contributed by atoms with E-state index in [1.54, 1.807) is 24.4 Å². The summed E-state index contributed by atoms with van der Waals surface area (Å²) in [6, 6.07) is 17.8. The summed E-state index contributed by atoms with van der Waals surface area (Å²) in [4.78, 5) is 12.8. The van der Waals surface area contributed by atoms with Crippen LogP contribution < -0.4 is 10.6 Å². The van der Waals surface area contributed by atoms with Gasteiger partial charge in [0.1, 0.15) is 23.8 Å². The number of anilines is 4. The van der Waals surface area contributed by atoms with Crippen LogP contribution >= 0.6 is 0 Å². The molecule has 0 aliphatic rings. The number of pyridine rings is 1. The van der Waals surface area contributed by atoms with Crippen LogP contribution in [0.15, 0.2) is 73.2 Å². The minimum absolute atomic E-state index is 0.306. The van der Waals surface area contributed by atoms with Crippen molar-refractivity contribution < 1.29 is 4.39 Å². The molecule has 0 spiro atoms. The Morgan fingerprint density at radius 2 is 1.56 bits per heavy atom. The summed E-state index contributed by atoms with van der Waals surface area (Å²) in [5.74, 6) is 0.877. The van der Waals surface area contributed by atoms with Crippen molar-refractivity contribution in [1.29, 1.82) is 0 Å². The van der Waals surface area contributed by atoms with Crippen molar-refractivity contribution in [3.8, 4) is 0 Å². The first kappa shape index (κ1) is 15.0. The fourth-order valence-corrected chi connectivity index (χ4v) is 2.55. The number of fused-ring (bicyclic) bond motifs is 1. The number of benzene rings is 2. The van der Waals surface area contributed by atoms with Gasteiger partial charge in [-0.1, -0.05) is 24.3 Å². The van der Waals surface area contributed by atoms with E-state index < -0.39 is 0 Å². The monoisotopic (exact) mass is 331 g/mol. The van der Waals surface area contributed by atoms with E-state index in [4.69, 9.17) is 0 Å². The third kappa shape index (κ3) is 3.37. The SMILES string of the molecule is Fc1cccc(Nc2cc(Nc3cccc4cccnc34)ncn2)c1. The highest BCUT2D eigenvalue weighted by molar-refractivity contribution is 5.91. The van der Waals surface area contributed by atoms with E-state index in [0.717, 1.165) is 16.6 Å². The zero-order chi connectivity index (χ0) is 17.1. The normalized spacial score (nSPS) is 10.6. The van der Waals surface area contributed by atoms with Crippen LogP contribution in [0.3, 0.4) is 0 Å². The van der Waals surface area contributed by atoms with Crippen LogP contribution in [0, 0.1) is 5.82 Å². The third-order valence-corrected chi connectivity index (χ3v) is 3.66. The Balaban J connectivity index is 1.61. The van der Waals surface area contributed by atoms with Gasteiger partial charge in [-0.15, -0.1) is 0 Å². The fourth-order valence-electron chi connectivity index (χ4n) is 2.55. The van der Waals surface area contributed by atoms with Crippen LogP contribution in [0.2, 0.25) is 0 Å². The average Bonchev–Trinajstić information content (AvgIpc) is 2.62. The molecular weight excluding hydrogens is 317 g/mol. The molecule has 122 valence electrons. The van der Waals surface area contributed by atoms with Crippen molar-refractivity contribution in [1.82, 2.24) is 15.0 Å². The molecular formula is C19H14FN5. The standard InChI is InChI=1S/C19H14FN5/c20-14-6-2-7-15(10-14)24-17-11-18(23-12-22-17)25-16-8-1-4-13-5-3-9-21-19(13)16/h1-12H,(H2,22,23,24,25). The first-order valence-electron chi connectivity index (χ1n) is 7.73. The van der Waals surface area contributed by atoms with Gasteiger partial charge < -0.3 is 10.6 Å². The summed E-state index contributed by atoms with van der Waals surface area (Å²) in [6.07, 6.45) is 3.20. The van der Waals surface area contributed by atoms with Gasteiger partial charge in [0.05, 0.1) is 11.2 Å². The van der Waals surface area contributed by atoms with E-state index in [1.165, 1.54) is 18.5 Å². The maximum absolute atomic E-state index is 13.3. The summed E-state index contributed by atoms with van der Waals surface area (Å²) < 4.78 is 13.3. The van der Waals surface area contributed by atoms with E-state index in [-0.39, 0.29) is 5.82 Å². The second-order valence-electron chi connectivity index (χ2n) is 5.43. The van der Waals surface area contributed by atoms with Crippen LogP contribution in [-0.4, -0.2) is 15.0 Å². The Kier molecular flexibility index (Phi) is 3.92. The predicted octanol–water partition coefficient (Wildman–Crippen LogP) is 4.65. The van der Waals surface area contributed by atoms with Gasteiger partial charge in [0.2, 0.25) is 0 Å². The highest BCUT2D eigenvalue weighted by Crippen LogP contribution is 2.25. The minimum Gasteiger partial charge on any atom is -0.340 e. The number of para-hydroxylation sites is 1. The van der Waals surface area contributed by atoms with Gasteiger partial charge in [-0.05, 0) is 30.3 Å². The van der Waals surface area contributed by atoms with E-state index >= 15 is 0 Å². The van der Waals surface area contributed by atoms with E-state index in [9.17, 15) is 4.39 Å². The average molecular weight is 331 g/mol. The van der Waals surface area contributed by atoms with Gasteiger partial charge in [-0.25, -0.2) is 14.4 Å². The zero-order valence-corrected chi connectivity index (χ0v) is 13.1. The largest absolute Gasteiger partial charge is 0.340 e. The third-order valence-electron chi connectivity index (χ3n) is 3.66.